The summed E-state index contributed by atoms with van der Waals surface area (Å²) in [5, 5.41) is 23.2. The summed E-state index contributed by atoms with van der Waals surface area (Å²) in [6.07, 6.45) is 78.4. The first-order valence-corrected chi connectivity index (χ1v) is 31.4. The molecule has 0 saturated carbocycles. The van der Waals surface area contributed by atoms with Crippen molar-refractivity contribution in [1.29, 1.82) is 0 Å². The Morgan fingerprint density at radius 3 is 0.776 bits per heavy atom. The maximum atomic E-state index is 12.5. The molecule has 0 fully saturated rings. The highest BCUT2D eigenvalue weighted by molar-refractivity contribution is 5.76. The van der Waals surface area contributed by atoms with Crippen LogP contribution in [0.3, 0.4) is 0 Å². The number of nitrogens with one attached hydrogen (secondary N) is 1. The molecule has 0 rings (SSSR count). The quantitative estimate of drug-likeness (QED) is 0.0420. The Balaban J connectivity index is 3.38. The van der Waals surface area contributed by atoms with Gasteiger partial charge in [-0.15, -0.1) is 0 Å². The number of carbonyl (C=O) groups is 1. The van der Waals surface area contributed by atoms with E-state index in [-0.39, 0.29) is 12.5 Å². The predicted molar refractivity (Wildman–Crippen MR) is 299 cm³/mol. The molecule has 0 bridgehead atoms. The highest BCUT2D eigenvalue weighted by Gasteiger charge is 2.18. The number of allylic oxidation sites excluding steroid dienone is 1. The van der Waals surface area contributed by atoms with Gasteiger partial charge in [0, 0.05) is 6.42 Å². The standard InChI is InChI=1S/C63H125NO3/c1-3-5-7-9-11-13-15-17-19-21-23-25-26-27-28-29-30-31-32-33-34-35-36-37-38-39-41-43-45-47-49-51-53-55-57-59-63(67)64-61(60-65)62(66)58-56-54-52-50-48-46-44-42-40-24-22-20-18-16-14-12-10-8-6-4-2/h56,58,61-62,65-66H,3-55,57,59-60H2,1-2H3,(H,64,67)/b58-56+. The second-order valence-electron chi connectivity index (χ2n) is 21.8. The number of carbonyl (C=O) groups excluding carboxylic acids is 1. The SMILES string of the molecule is CCCCCCCCCCCCCCCCCCCC/C=C/C(O)C(CO)NC(=O)CCCCCCCCCCCCCCCCCCCCCCCCCCCCCCCCCCCCC. The summed E-state index contributed by atoms with van der Waals surface area (Å²) in [6.45, 7) is 4.36. The molecule has 0 aromatic carbocycles. The number of hydrogen-bond acceptors (Lipinski definition) is 3. The monoisotopic (exact) mass is 944 g/mol. The van der Waals surface area contributed by atoms with Gasteiger partial charge in [-0.05, 0) is 19.3 Å². The lowest BCUT2D eigenvalue weighted by Crippen LogP contribution is -2.45. The molecule has 0 heterocycles. The summed E-state index contributed by atoms with van der Waals surface area (Å²) in [7, 11) is 0. The second-order valence-corrected chi connectivity index (χ2v) is 21.8. The van der Waals surface area contributed by atoms with Crippen LogP contribution < -0.4 is 5.32 Å². The number of aliphatic hydroxyl groups excluding tert-OH is 2. The van der Waals surface area contributed by atoms with Gasteiger partial charge in [-0.1, -0.05) is 353 Å². The summed E-state index contributed by atoms with van der Waals surface area (Å²) >= 11 is 0. The Labute approximate surface area is 422 Å². The molecular weight excluding hydrogens is 819 g/mol. The van der Waals surface area contributed by atoms with Crippen LogP contribution in [0.1, 0.15) is 367 Å². The van der Waals surface area contributed by atoms with E-state index in [9.17, 15) is 15.0 Å². The Bertz CT molecular complexity index is 936. The van der Waals surface area contributed by atoms with Gasteiger partial charge in [0.2, 0.25) is 5.91 Å². The van der Waals surface area contributed by atoms with Crippen molar-refractivity contribution >= 4 is 5.91 Å². The molecule has 4 heteroatoms. The second kappa shape index (κ2) is 59.4. The third-order valence-corrected chi connectivity index (χ3v) is 15.0. The van der Waals surface area contributed by atoms with E-state index in [1.807, 2.05) is 6.08 Å². The molecule has 0 aliphatic carbocycles. The van der Waals surface area contributed by atoms with Crippen LogP contribution in [0.25, 0.3) is 0 Å². The summed E-state index contributed by atoms with van der Waals surface area (Å²) in [5.74, 6) is -0.0546. The molecule has 67 heavy (non-hydrogen) atoms. The average Bonchev–Trinajstić information content (AvgIpc) is 3.33. The zero-order valence-corrected chi connectivity index (χ0v) is 46.2. The van der Waals surface area contributed by atoms with E-state index in [0.717, 1.165) is 25.7 Å². The largest absolute Gasteiger partial charge is 0.394 e. The van der Waals surface area contributed by atoms with E-state index in [1.54, 1.807) is 6.08 Å². The van der Waals surface area contributed by atoms with E-state index in [2.05, 4.69) is 19.2 Å². The lowest BCUT2D eigenvalue weighted by molar-refractivity contribution is -0.123. The van der Waals surface area contributed by atoms with Crippen molar-refractivity contribution in [3.8, 4) is 0 Å². The predicted octanol–water partition coefficient (Wildman–Crippen LogP) is 20.9. The van der Waals surface area contributed by atoms with Gasteiger partial charge in [-0.25, -0.2) is 0 Å². The van der Waals surface area contributed by atoms with Gasteiger partial charge in [0.25, 0.3) is 0 Å². The van der Waals surface area contributed by atoms with E-state index in [0.29, 0.717) is 6.42 Å². The van der Waals surface area contributed by atoms with E-state index >= 15 is 0 Å². The van der Waals surface area contributed by atoms with Crippen LogP contribution in [0.4, 0.5) is 0 Å². The van der Waals surface area contributed by atoms with Crippen LogP contribution in [0.2, 0.25) is 0 Å². The number of amides is 1. The zero-order valence-electron chi connectivity index (χ0n) is 46.2. The minimum atomic E-state index is -0.836. The summed E-state index contributed by atoms with van der Waals surface area (Å²) in [6, 6.07) is -0.618. The zero-order chi connectivity index (χ0) is 48.5. The van der Waals surface area contributed by atoms with Gasteiger partial charge < -0.3 is 15.5 Å². The maximum Gasteiger partial charge on any atom is 0.220 e. The molecule has 400 valence electrons. The molecule has 4 nitrogen and oxygen atoms in total. The number of unbranched alkanes of at least 4 members (excludes halogenated alkanes) is 52. The maximum absolute atomic E-state index is 12.5. The lowest BCUT2D eigenvalue weighted by Gasteiger charge is -2.20. The van der Waals surface area contributed by atoms with Crippen molar-refractivity contribution in [3.63, 3.8) is 0 Å². The van der Waals surface area contributed by atoms with Crippen LogP contribution in [-0.4, -0.2) is 34.9 Å². The van der Waals surface area contributed by atoms with Crippen LogP contribution in [-0.2, 0) is 4.79 Å². The first-order valence-electron chi connectivity index (χ1n) is 31.4. The van der Waals surface area contributed by atoms with E-state index in [4.69, 9.17) is 0 Å². The van der Waals surface area contributed by atoms with Crippen LogP contribution in [0.15, 0.2) is 12.2 Å². The molecule has 0 spiro atoms. The minimum Gasteiger partial charge on any atom is -0.394 e. The summed E-state index contributed by atoms with van der Waals surface area (Å²) in [4.78, 5) is 12.5. The number of rotatable bonds is 59. The van der Waals surface area contributed by atoms with Gasteiger partial charge in [0.15, 0.2) is 0 Å². The molecule has 0 saturated heterocycles. The summed E-state index contributed by atoms with van der Waals surface area (Å²) < 4.78 is 0. The van der Waals surface area contributed by atoms with Gasteiger partial charge in [-0.3, -0.25) is 4.79 Å². The van der Waals surface area contributed by atoms with Crippen molar-refractivity contribution in [3.05, 3.63) is 12.2 Å². The normalized spacial score (nSPS) is 12.7. The highest BCUT2D eigenvalue weighted by Crippen LogP contribution is 2.19. The first-order chi connectivity index (χ1) is 33.2. The van der Waals surface area contributed by atoms with Crippen LogP contribution in [0, 0.1) is 0 Å². The number of hydrogen-bond donors (Lipinski definition) is 3. The Morgan fingerprint density at radius 1 is 0.343 bits per heavy atom. The van der Waals surface area contributed by atoms with Crippen molar-refractivity contribution in [1.82, 2.24) is 5.32 Å². The van der Waals surface area contributed by atoms with Gasteiger partial charge >= 0.3 is 0 Å². The van der Waals surface area contributed by atoms with Gasteiger partial charge in [-0.2, -0.15) is 0 Å². The van der Waals surface area contributed by atoms with Gasteiger partial charge in [0.05, 0.1) is 18.8 Å². The van der Waals surface area contributed by atoms with Crippen molar-refractivity contribution in [2.24, 2.45) is 0 Å². The van der Waals surface area contributed by atoms with Crippen molar-refractivity contribution < 1.29 is 15.0 Å². The highest BCUT2D eigenvalue weighted by atomic mass is 16.3. The van der Waals surface area contributed by atoms with Crippen LogP contribution >= 0.6 is 0 Å². The van der Waals surface area contributed by atoms with Crippen LogP contribution in [0.5, 0.6) is 0 Å². The fourth-order valence-corrected chi connectivity index (χ4v) is 10.2. The molecular formula is C63H125NO3. The summed E-state index contributed by atoms with van der Waals surface area (Å²) in [5.41, 5.74) is 0. The molecule has 2 unspecified atom stereocenters. The topological polar surface area (TPSA) is 69.6 Å². The fraction of sp³-hybridized carbons (Fsp3) is 0.952. The van der Waals surface area contributed by atoms with E-state index in [1.165, 1.54) is 321 Å². The molecule has 0 aliphatic rings. The third kappa shape index (κ3) is 55.9. The Kier molecular flexibility index (Phi) is 58.7. The smallest absolute Gasteiger partial charge is 0.220 e. The molecule has 0 aliphatic heterocycles. The van der Waals surface area contributed by atoms with Gasteiger partial charge in [0.1, 0.15) is 0 Å². The molecule has 1 amide bonds. The fourth-order valence-electron chi connectivity index (χ4n) is 10.2. The molecule has 0 radical (unpaired) electrons. The van der Waals surface area contributed by atoms with Crippen molar-refractivity contribution in [2.75, 3.05) is 6.61 Å². The molecule has 0 aromatic rings. The lowest BCUT2D eigenvalue weighted by atomic mass is 10.0. The third-order valence-electron chi connectivity index (χ3n) is 15.0. The Hall–Kier alpha value is -0.870. The Morgan fingerprint density at radius 2 is 0.552 bits per heavy atom. The average molecular weight is 945 g/mol. The first kappa shape index (κ1) is 66.1. The molecule has 0 aromatic heterocycles. The molecule has 3 N–H and O–H groups in total. The van der Waals surface area contributed by atoms with E-state index < -0.39 is 12.1 Å². The molecule has 2 atom stereocenters. The number of aliphatic hydroxyl groups is 2. The van der Waals surface area contributed by atoms with Crippen molar-refractivity contribution in [2.45, 2.75) is 379 Å². The minimum absolute atomic E-state index is 0.0546.